The van der Waals surface area contributed by atoms with Gasteiger partial charge in [-0.1, -0.05) is 0 Å². The summed E-state index contributed by atoms with van der Waals surface area (Å²) in [5.74, 6) is 1.14. The van der Waals surface area contributed by atoms with Gasteiger partial charge in [0.2, 0.25) is 6.79 Å². The average molecular weight is 279 g/mol. The first-order chi connectivity index (χ1) is 9.83. The molecule has 0 atom stereocenters. The number of nitrogens with one attached hydrogen (secondary N) is 1. The molecule has 1 saturated heterocycles. The van der Waals surface area contributed by atoms with E-state index in [2.05, 4.69) is 5.32 Å². The molecule has 0 aliphatic carbocycles. The Morgan fingerprint density at radius 2 is 2.00 bits per heavy atom. The van der Waals surface area contributed by atoms with E-state index < -0.39 is 0 Å². The monoisotopic (exact) mass is 279 g/mol. The highest BCUT2D eigenvalue weighted by molar-refractivity contribution is 5.94. The zero-order valence-electron chi connectivity index (χ0n) is 11.1. The van der Waals surface area contributed by atoms with Gasteiger partial charge in [-0.25, -0.2) is 0 Å². The molecule has 0 saturated carbocycles. The van der Waals surface area contributed by atoms with Crippen LogP contribution in [0.4, 0.5) is 0 Å². The minimum atomic E-state index is -0.208. The van der Waals surface area contributed by atoms with Crippen LogP contribution in [0.15, 0.2) is 18.2 Å². The topological polar surface area (TPSA) is 66.0 Å². The SMILES string of the molecule is O=C(NCCC1OCCCO1)c1ccc2c(c1)OCO2. The molecular formula is C14H17NO5. The zero-order chi connectivity index (χ0) is 13.8. The molecule has 0 spiro atoms. The average Bonchev–Trinajstić information content (AvgIpc) is 2.95. The van der Waals surface area contributed by atoms with Crippen LogP contribution in [0.2, 0.25) is 0 Å². The lowest BCUT2D eigenvalue weighted by atomic mass is 10.2. The number of carbonyl (C=O) groups is 1. The van der Waals surface area contributed by atoms with Crippen LogP contribution in [0.1, 0.15) is 23.2 Å². The van der Waals surface area contributed by atoms with Gasteiger partial charge in [0.05, 0.1) is 13.2 Å². The first kappa shape index (κ1) is 13.2. The molecule has 2 aliphatic rings. The lowest BCUT2D eigenvalue weighted by Gasteiger charge is -2.23. The molecule has 0 unspecified atom stereocenters. The maximum Gasteiger partial charge on any atom is 0.251 e. The first-order valence-electron chi connectivity index (χ1n) is 6.74. The molecule has 3 rings (SSSR count). The summed E-state index contributed by atoms with van der Waals surface area (Å²) >= 11 is 0. The van der Waals surface area contributed by atoms with E-state index in [4.69, 9.17) is 18.9 Å². The molecule has 1 fully saturated rings. The number of hydrogen-bond acceptors (Lipinski definition) is 5. The number of fused-ring (bicyclic) bond motifs is 1. The third-order valence-electron chi connectivity index (χ3n) is 3.20. The fourth-order valence-corrected chi connectivity index (χ4v) is 2.15. The number of amides is 1. The van der Waals surface area contributed by atoms with Crippen molar-refractivity contribution in [2.45, 2.75) is 19.1 Å². The van der Waals surface area contributed by atoms with E-state index in [1.807, 2.05) is 0 Å². The van der Waals surface area contributed by atoms with E-state index in [1.54, 1.807) is 18.2 Å². The number of benzene rings is 1. The van der Waals surface area contributed by atoms with Crippen LogP contribution in [0.5, 0.6) is 11.5 Å². The Hall–Kier alpha value is -1.79. The lowest BCUT2D eigenvalue weighted by Crippen LogP contribution is -2.31. The van der Waals surface area contributed by atoms with Gasteiger partial charge in [0, 0.05) is 18.5 Å². The summed E-state index contributed by atoms with van der Waals surface area (Å²) < 4.78 is 21.3. The number of ether oxygens (including phenoxy) is 4. The highest BCUT2D eigenvalue weighted by Gasteiger charge is 2.17. The molecular weight excluding hydrogens is 262 g/mol. The van der Waals surface area contributed by atoms with Crippen molar-refractivity contribution in [1.82, 2.24) is 5.32 Å². The molecule has 0 bridgehead atoms. The van der Waals surface area contributed by atoms with Gasteiger partial charge in [-0.2, -0.15) is 0 Å². The Labute approximate surface area is 117 Å². The van der Waals surface area contributed by atoms with Gasteiger partial charge >= 0.3 is 0 Å². The van der Waals surface area contributed by atoms with E-state index in [9.17, 15) is 4.79 Å². The van der Waals surface area contributed by atoms with E-state index in [-0.39, 0.29) is 19.0 Å². The molecule has 6 nitrogen and oxygen atoms in total. The molecule has 1 aromatic carbocycles. The second kappa shape index (κ2) is 6.11. The maximum absolute atomic E-state index is 12.0. The van der Waals surface area contributed by atoms with Gasteiger partial charge in [-0.3, -0.25) is 4.79 Å². The Kier molecular flexibility index (Phi) is 4.03. The molecule has 1 aromatic rings. The summed E-state index contributed by atoms with van der Waals surface area (Å²) in [5, 5.41) is 2.84. The predicted octanol–water partition coefficient (Wildman–Crippen LogP) is 1.30. The fraction of sp³-hybridized carbons (Fsp3) is 0.500. The number of carbonyl (C=O) groups excluding carboxylic acids is 1. The van der Waals surface area contributed by atoms with Gasteiger partial charge in [-0.05, 0) is 24.6 Å². The van der Waals surface area contributed by atoms with Crippen molar-refractivity contribution in [3.63, 3.8) is 0 Å². The Morgan fingerprint density at radius 1 is 1.20 bits per heavy atom. The van der Waals surface area contributed by atoms with Gasteiger partial charge in [0.25, 0.3) is 5.91 Å². The molecule has 1 N–H and O–H groups in total. The van der Waals surface area contributed by atoms with E-state index >= 15 is 0 Å². The Balaban J connectivity index is 1.49. The van der Waals surface area contributed by atoms with Crippen molar-refractivity contribution in [1.29, 1.82) is 0 Å². The van der Waals surface area contributed by atoms with Gasteiger partial charge in [0.1, 0.15) is 0 Å². The van der Waals surface area contributed by atoms with Gasteiger partial charge in [0.15, 0.2) is 17.8 Å². The summed E-state index contributed by atoms with van der Waals surface area (Å²) in [4.78, 5) is 12.0. The largest absolute Gasteiger partial charge is 0.454 e. The second-order valence-electron chi connectivity index (χ2n) is 4.64. The number of hydrogen-bond donors (Lipinski definition) is 1. The van der Waals surface area contributed by atoms with E-state index in [1.165, 1.54) is 0 Å². The van der Waals surface area contributed by atoms with Crippen molar-refractivity contribution in [3.8, 4) is 11.5 Å². The van der Waals surface area contributed by atoms with Crippen molar-refractivity contribution in [2.75, 3.05) is 26.6 Å². The minimum Gasteiger partial charge on any atom is -0.454 e. The molecule has 1 amide bonds. The summed E-state index contributed by atoms with van der Waals surface area (Å²) in [6, 6.07) is 5.15. The van der Waals surface area contributed by atoms with Gasteiger partial charge < -0.3 is 24.3 Å². The molecule has 2 aliphatic heterocycles. The van der Waals surface area contributed by atoms with Crippen LogP contribution in [-0.4, -0.2) is 38.7 Å². The minimum absolute atomic E-state index is 0.140. The van der Waals surface area contributed by atoms with Crippen LogP contribution in [0.25, 0.3) is 0 Å². The Morgan fingerprint density at radius 3 is 2.85 bits per heavy atom. The summed E-state index contributed by atoms with van der Waals surface area (Å²) in [6.07, 6.45) is 1.37. The molecule has 108 valence electrons. The molecule has 0 radical (unpaired) electrons. The summed E-state index contributed by atoms with van der Waals surface area (Å²) in [6.45, 7) is 2.16. The van der Waals surface area contributed by atoms with Crippen LogP contribution < -0.4 is 14.8 Å². The quantitative estimate of drug-likeness (QED) is 0.900. The number of rotatable bonds is 4. The fourth-order valence-electron chi connectivity index (χ4n) is 2.15. The smallest absolute Gasteiger partial charge is 0.251 e. The first-order valence-corrected chi connectivity index (χ1v) is 6.74. The highest BCUT2D eigenvalue weighted by atomic mass is 16.7. The second-order valence-corrected chi connectivity index (χ2v) is 4.64. The van der Waals surface area contributed by atoms with Crippen LogP contribution in [0, 0.1) is 0 Å². The van der Waals surface area contributed by atoms with Crippen LogP contribution >= 0.6 is 0 Å². The summed E-state index contributed by atoms with van der Waals surface area (Å²) in [5.41, 5.74) is 0.555. The normalized spacial score (nSPS) is 18.0. The van der Waals surface area contributed by atoms with Gasteiger partial charge in [-0.15, -0.1) is 0 Å². The van der Waals surface area contributed by atoms with Crippen molar-refractivity contribution in [2.24, 2.45) is 0 Å². The summed E-state index contributed by atoms with van der Waals surface area (Å²) in [7, 11) is 0. The molecule has 0 aromatic heterocycles. The van der Waals surface area contributed by atoms with E-state index in [0.717, 1.165) is 19.6 Å². The molecule has 6 heteroatoms. The van der Waals surface area contributed by atoms with Crippen molar-refractivity contribution in [3.05, 3.63) is 23.8 Å². The van der Waals surface area contributed by atoms with Crippen molar-refractivity contribution < 1.29 is 23.7 Å². The van der Waals surface area contributed by atoms with Crippen molar-refractivity contribution >= 4 is 5.91 Å². The molecule has 20 heavy (non-hydrogen) atoms. The van der Waals surface area contributed by atoms with Crippen LogP contribution in [0.3, 0.4) is 0 Å². The zero-order valence-corrected chi connectivity index (χ0v) is 11.1. The third-order valence-corrected chi connectivity index (χ3v) is 3.20. The third kappa shape index (κ3) is 3.02. The predicted molar refractivity (Wildman–Crippen MR) is 69.8 cm³/mol. The highest BCUT2D eigenvalue weighted by Crippen LogP contribution is 2.32. The molecule has 2 heterocycles. The lowest BCUT2D eigenvalue weighted by molar-refractivity contribution is -0.180. The van der Waals surface area contributed by atoms with E-state index in [0.29, 0.717) is 30.0 Å². The maximum atomic E-state index is 12.0. The standard InChI is InChI=1S/C14H17NO5/c16-14(15-5-4-13-17-6-1-7-18-13)10-2-3-11-12(8-10)20-9-19-11/h2-3,8,13H,1,4-7,9H2,(H,15,16). The van der Waals surface area contributed by atoms with Crippen LogP contribution in [-0.2, 0) is 9.47 Å². The Bertz CT molecular complexity index is 484.